The Morgan fingerprint density at radius 3 is 2.60 bits per heavy atom. The third-order valence-corrected chi connectivity index (χ3v) is 8.81. The van der Waals surface area contributed by atoms with Crippen molar-refractivity contribution in [2.45, 2.75) is 95.6 Å². The van der Waals surface area contributed by atoms with E-state index in [2.05, 4.69) is 16.0 Å². The number of rotatable bonds is 14. The van der Waals surface area contributed by atoms with Crippen molar-refractivity contribution in [2.75, 3.05) is 40.4 Å². The molecule has 3 N–H and O–H groups in total. The van der Waals surface area contributed by atoms with Crippen molar-refractivity contribution in [1.82, 2.24) is 20.9 Å². The predicted molar refractivity (Wildman–Crippen MR) is 154 cm³/mol. The molecule has 3 rings (SSSR count). The lowest BCUT2D eigenvalue weighted by Gasteiger charge is -2.47. The summed E-state index contributed by atoms with van der Waals surface area (Å²) in [4.78, 5) is 28.3. The van der Waals surface area contributed by atoms with Gasteiger partial charge in [-0.15, -0.1) is 0 Å². The van der Waals surface area contributed by atoms with Crippen molar-refractivity contribution >= 4 is 11.9 Å². The van der Waals surface area contributed by atoms with Gasteiger partial charge in [-0.3, -0.25) is 4.79 Å². The first-order valence-corrected chi connectivity index (χ1v) is 15.3. The molecule has 1 heterocycles. The monoisotopic (exact) mass is 564 g/mol. The fraction of sp³-hybridized carbons (Fsp3) is 0.742. The number of piperidine rings is 1. The van der Waals surface area contributed by atoms with E-state index in [1.54, 1.807) is 25.0 Å². The third-order valence-electron chi connectivity index (χ3n) is 8.81. The van der Waals surface area contributed by atoms with Crippen LogP contribution in [0.5, 0.6) is 0 Å². The number of carbonyl (C=O) groups is 2. The van der Waals surface area contributed by atoms with Crippen LogP contribution in [0.3, 0.4) is 0 Å². The number of likely N-dealkylation sites (tertiary alicyclic amines) is 1. The topological polar surface area (TPSA) is 82.7 Å². The van der Waals surface area contributed by atoms with E-state index < -0.39 is 17.2 Å². The first-order chi connectivity index (χ1) is 19.3. The lowest BCUT2D eigenvalue weighted by Crippen LogP contribution is -2.58. The second kappa shape index (κ2) is 16.2. The SMILES string of the molecule is CCC(=O)N[C@](CCCCOC)(c1cccc(F)c1F)C1CCCN(C(=O)NC(CNC)CC2CCCCC2)C1. The molecule has 1 aliphatic heterocycles. The molecule has 0 spiro atoms. The molecular formula is C31H50F2N4O3. The number of urea groups is 1. The van der Waals surface area contributed by atoms with Crippen molar-refractivity contribution in [2.24, 2.45) is 11.8 Å². The number of ether oxygens (including phenoxy) is 1. The van der Waals surface area contributed by atoms with Gasteiger partial charge in [0.25, 0.3) is 0 Å². The van der Waals surface area contributed by atoms with Gasteiger partial charge in [0, 0.05) is 57.3 Å². The Labute approximate surface area is 239 Å². The molecule has 3 amide bonds. The first-order valence-electron chi connectivity index (χ1n) is 15.3. The molecule has 3 atom stereocenters. The van der Waals surface area contributed by atoms with Crippen molar-refractivity contribution in [3.05, 3.63) is 35.4 Å². The normalized spacial score (nSPS) is 20.5. The van der Waals surface area contributed by atoms with Crippen molar-refractivity contribution < 1.29 is 23.1 Å². The molecule has 1 aromatic rings. The summed E-state index contributed by atoms with van der Waals surface area (Å²) in [7, 11) is 3.53. The summed E-state index contributed by atoms with van der Waals surface area (Å²) >= 11 is 0. The number of unbranched alkanes of at least 4 members (excludes halogenated alkanes) is 1. The zero-order chi connectivity index (χ0) is 29.0. The van der Waals surface area contributed by atoms with Gasteiger partial charge in [-0.1, -0.05) is 51.2 Å². The quantitative estimate of drug-likeness (QED) is 0.261. The molecule has 1 saturated heterocycles. The minimum Gasteiger partial charge on any atom is -0.385 e. The average molecular weight is 565 g/mol. The van der Waals surface area contributed by atoms with Gasteiger partial charge >= 0.3 is 6.03 Å². The van der Waals surface area contributed by atoms with Gasteiger partial charge in [0.2, 0.25) is 5.91 Å². The number of amides is 3. The van der Waals surface area contributed by atoms with Crippen LogP contribution in [0.15, 0.2) is 18.2 Å². The molecule has 0 radical (unpaired) electrons. The molecule has 0 bridgehead atoms. The number of halogens is 2. The molecule has 1 aliphatic carbocycles. The fourth-order valence-electron chi connectivity index (χ4n) is 6.72. The standard InChI is InChI=1S/C31H50F2N4O3/c1-4-28(38)36-31(17-8-9-19-40-3,26-15-10-16-27(32)29(26)33)24-14-11-18-37(22-24)30(39)35-25(21-34-2)20-23-12-6-5-7-13-23/h10,15-16,23-25,34H,4-9,11-14,17-22H2,1-3H3,(H,35,39)(H,36,38)/t24?,25?,31-/m0/s1. The van der Waals surface area contributed by atoms with Gasteiger partial charge in [0.1, 0.15) is 0 Å². The summed E-state index contributed by atoms with van der Waals surface area (Å²) in [5.41, 5.74) is -0.984. The van der Waals surface area contributed by atoms with Crippen molar-refractivity contribution in [3.8, 4) is 0 Å². The lowest BCUT2D eigenvalue weighted by atomic mass is 9.70. The molecule has 40 heavy (non-hydrogen) atoms. The molecule has 2 unspecified atom stereocenters. The Bertz CT molecular complexity index is 943. The maximum absolute atomic E-state index is 15.5. The van der Waals surface area contributed by atoms with Crippen molar-refractivity contribution in [3.63, 3.8) is 0 Å². The Kier molecular flexibility index (Phi) is 13.1. The van der Waals surface area contributed by atoms with Crippen molar-refractivity contribution in [1.29, 1.82) is 0 Å². The van der Waals surface area contributed by atoms with Gasteiger partial charge in [0.15, 0.2) is 11.6 Å². The summed E-state index contributed by atoms with van der Waals surface area (Å²) in [6.07, 6.45) is 10.6. The fourth-order valence-corrected chi connectivity index (χ4v) is 6.72. The zero-order valence-electron chi connectivity index (χ0n) is 24.7. The first kappa shape index (κ1) is 32.3. The van der Waals surface area contributed by atoms with E-state index in [0.29, 0.717) is 51.4 Å². The molecule has 2 aliphatic rings. The smallest absolute Gasteiger partial charge is 0.317 e. The number of carbonyl (C=O) groups excluding carboxylic acids is 2. The highest BCUT2D eigenvalue weighted by atomic mass is 19.2. The number of hydrogen-bond donors (Lipinski definition) is 3. The summed E-state index contributed by atoms with van der Waals surface area (Å²) in [5.74, 6) is -1.75. The molecule has 1 saturated carbocycles. The number of likely N-dealkylation sites (N-methyl/N-ethyl adjacent to an activating group) is 1. The van der Waals surface area contributed by atoms with E-state index in [0.717, 1.165) is 25.3 Å². The number of methoxy groups -OCH3 is 1. The minimum absolute atomic E-state index is 0.0280. The van der Waals surface area contributed by atoms with Gasteiger partial charge in [-0.05, 0) is 57.6 Å². The van der Waals surface area contributed by atoms with Gasteiger partial charge in [-0.25, -0.2) is 13.6 Å². The Balaban J connectivity index is 1.86. The zero-order valence-corrected chi connectivity index (χ0v) is 24.7. The van der Waals surface area contributed by atoms with E-state index in [-0.39, 0.29) is 35.9 Å². The lowest BCUT2D eigenvalue weighted by molar-refractivity contribution is -0.124. The van der Waals surface area contributed by atoms with E-state index >= 15 is 4.39 Å². The maximum Gasteiger partial charge on any atom is 0.317 e. The molecule has 9 heteroatoms. The summed E-state index contributed by atoms with van der Waals surface area (Å²) in [6.45, 7) is 3.93. The Hall–Kier alpha value is -2.26. The number of hydrogen-bond acceptors (Lipinski definition) is 4. The molecule has 2 fully saturated rings. The van der Waals surface area contributed by atoms with Crippen LogP contribution in [0.25, 0.3) is 0 Å². The molecular weight excluding hydrogens is 514 g/mol. The number of nitrogens with one attached hydrogen (secondary N) is 3. The highest BCUT2D eigenvalue weighted by Crippen LogP contribution is 2.41. The average Bonchev–Trinajstić information content (AvgIpc) is 2.96. The van der Waals surface area contributed by atoms with Gasteiger partial charge in [0.05, 0.1) is 5.54 Å². The van der Waals surface area contributed by atoms with Crippen LogP contribution < -0.4 is 16.0 Å². The number of benzene rings is 1. The van der Waals surface area contributed by atoms with Gasteiger partial charge in [-0.2, -0.15) is 0 Å². The van der Waals surface area contributed by atoms with Crippen LogP contribution in [-0.4, -0.2) is 63.3 Å². The Morgan fingerprint density at radius 1 is 1.12 bits per heavy atom. The minimum atomic E-state index is -1.14. The molecule has 1 aromatic carbocycles. The molecule has 7 nitrogen and oxygen atoms in total. The van der Waals surface area contributed by atoms with E-state index in [4.69, 9.17) is 4.74 Å². The van der Waals surface area contributed by atoms with E-state index in [9.17, 15) is 14.0 Å². The number of nitrogens with zero attached hydrogens (tertiary/aromatic N) is 1. The highest BCUT2D eigenvalue weighted by Gasteiger charge is 2.45. The van der Waals surface area contributed by atoms with Gasteiger partial charge < -0.3 is 25.6 Å². The van der Waals surface area contributed by atoms with E-state index in [1.165, 1.54) is 38.2 Å². The van der Waals surface area contributed by atoms with Crippen LogP contribution in [0.2, 0.25) is 0 Å². The molecule has 226 valence electrons. The summed E-state index contributed by atoms with van der Waals surface area (Å²) in [6, 6.07) is 4.08. The van der Waals surface area contributed by atoms with E-state index in [1.807, 2.05) is 7.05 Å². The second-order valence-electron chi connectivity index (χ2n) is 11.7. The highest BCUT2D eigenvalue weighted by molar-refractivity contribution is 5.77. The molecule has 0 aromatic heterocycles. The predicted octanol–water partition coefficient (Wildman–Crippen LogP) is 5.48. The van der Waals surface area contributed by atoms with Crippen LogP contribution in [-0.2, 0) is 15.1 Å². The third kappa shape index (κ3) is 8.62. The second-order valence-corrected chi connectivity index (χ2v) is 11.7. The van der Waals surface area contributed by atoms with Crippen LogP contribution in [0.4, 0.5) is 13.6 Å². The summed E-state index contributed by atoms with van der Waals surface area (Å²) < 4.78 is 35.3. The van der Waals surface area contributed by atoms with Crippen LogP contribution >= 0.6 is 0 Å². The van der Waals surface area contributed by atoms with Crippen LogP contribution in [0, 0.1) is 23.5 Å². The largest absolute Gasteiger partial charge is 0.385 e. The summed E-state index contributed by atoms with van der Waals surface area (Å²) in [5, 5.41) is 9.62. The Morgan fingerprint density at radius 2 is 1.90 bits per heavy atom. The van der Waals surface area contributed by atoms with Crippen LogP contribution in [0.1, 0.15) is 89.5 Å². The maximum atomic E-state index is 15.5.